The molecule has 0 fully saturated rings. The fraction of sp³-hybridized carbons (Fsp3) is 0.227. The summed E-state index contributed by atoms with van der Waals surface area (Å²) in [6.45, 7) is 1.53. The van der Waals surface area contributed by atoms with E-state index in [1.54, 1.807) is 34.5 Å². The number of hydrogen-bond donors (Lipinski definition) is 0. The van der Waals surface area contributed by atoms with Gasteiger partial charge in [-0.3, -0.25) is 9.36 Å². The van der Waals surface area contributed by atoms with E-state index in [0.717, 1.165) is 46.1 Å². The fourth-order valence-corrected chi connectivity index (χ4v) is 4.90. The normalized spacial score (nSPS) is 12.8. The molecule has 1 aliphatic carbocycles. The van der Waals surface area contributed by atoms with Gasteiger partial charge in [0.25, 0.3) is 0 Å². The minimum Gasteiger partial charge on any atom is -0.295 e. The van der Waals surface area contributed by atoms with E-state index in [4.69, 9.17) is 11.6 Å². The Labute approximate surface area is 172 Å². The van der Waals surface area contributed by atoms with E-state index < -0.39 is 0 Å². The maximum absolute atomic E-state index is 12.9. The van der Waals surface area contributed by atoms with Crippen molar-refractivity contribution in [2.75, 3.05) is 0 Å². The minimum absolute atomic E-state index is 0.0218. The van der Waals surface area contributed by atoms with Crippen LogP contribution in [0, 0.1) is 0 Å². The Morgan fingerprint density at radius 3 is 2.79 bits per heavy atom. The van der Waals surface area contributed by atoms with E-state index in [-0.39, 0.29) is 11.5 Å². The standard InChI is InChI=1S/C22H19ClN2O2S/c1-14(26)15-7-4-8-17(12-15)25-20-11-5-9-18(20)21(24-22(25)27)28-13-16-6-2-3-10-19(16)23/h2-4,6-8,10,12H,5,9,11,13H2,1H3. The molecule has 0 aliphatic heterocycles. The molecule has 1 heterocycles. The Balaban J connectivity index is 1.73. The maximum Gasteiger partial charge on any atom is 0.353 e. The van der Waals surface area contributed by atoms with Crippen molar-refractivity contribution in [2.45, 2.75) is 37.0 Å². The fourth-order valence-electron chi connectivity index (χ4n) is 3.54. The third kappa shape index (κ3) is 3.64. The predicted molar refractivity (Wildman–Crippen MR) is 113 cm³/mol. The van der Waals surface area contributed by atoms with Gasteiger partial charge in [0, 0.05) is 27.6 Å². The predicted octanol–water partition coefficient (Wildman–Crippen LogP) is 4.87. The van der Waals surface area contributed by atoms with Crippen LogP contribution in [-0.2, 0) is 18.6 Å². The number of carbonyl (C=O) groups excluding carboxylic acids is 1. The van der Waals surface area contributed by atoms with Gasteiger partial charge in [-0.15, -0.1) is 11.8 Å². The quantitative estimate of drug-likeness (QED) is 0.342. The molecule has 2 aromatic carbocycles. The van der Waals surface area contributed by atoms with Crippen LogP contribution in [0.15, 0.2) is 58.4 Å². The lowest BCUT2D eigenvalue weighted by molar-refractivity contribution is 0.101. The molecule has 0 bridgehead atoms. The number of benzene rings is 2. The van der Waals surface area contributed by atoms with Crippen LogP contribution < -0.4 is 5.69 Å². The summed E-state index contributed by atoms with van der Waals surface area (Å²) in [7, 11) is 0. The number of rotatable bonds is 5. The van der Waals surface area contributed by atoms with Gasteiger partial charge < -0.3 is 0 Å². The zero-order valence-corrected chi connectivity index (χ0v) is 17.0. The number of ketones is 1. The summed E-state index contributed by atoms with van der Waals surface area (Å²) in [5, 5.41) is 1.51. The van der Waals surface area contributed by atoms with Crippen LogP contribution in [0.25, 0.3) is 5.69 Å². The molecular formula is C22H19ClN2O2S. The molecule has 0 spiro atoms. The molecule has 0 saturated carbocycles. The average molecular weight is 411 g/mol. The molecule has 142 valence electrons. The third-order valence-electron chi connectivity index (χ3n) is 4.94. The zero-order valence-electron chi connectivity index (χ0n) is 15.4. The van der Waals surface area contributed by atoms with Crippen molar-refractivity contribution in [2.24, 2.45) is 0 Å². The van der Waals surface area contributed by atoms with Crippen molar-refractivity contribution in [3.05, 3.63) is 86.4 Å². The van der Waals surface area contributed by atoms with Crippen LogP contribution in [0.4, 0.5) is 0 Å². The molecular weight excluding hydrogens is 392 g/mol. The van der Waals surface area contributed by atoms with Gasteiger partial charge in [0.2, 0.25) is 0 Å². The summed E-state index contributed by atoms with van der Waals surface area (Å²) in [6, 6.07) is 14.9. The number of carbonyl (C=O) groups is 1. The lowest BCUT2D eigenvalue weighted by Crippen LogP contribution is -2.26. The van der Waals surface area contributed by atoms with E-state index >= 15 is 0 Å². The molecule has 0 unspecified atom stereocenters. The third-order valence-corrected chi connectivity index (χ3v) is 6.37. The molecule has 0 saturated heterocycles. The highest BCUT2D eigenvalue weighted by Gasteiger charge is 2.23. The van der Waals surface area contributed by atoms with Crippen molar-refractivity contribution >= 4 is 29.1 Å². The molecule has 1 aromatic heterocycles. The zero-order chi connectivity index (χ0) is 19.7. The molecule has 0 radical (unpaired) electrons. The summed E-state index contributed by atoms with van der Waals surface area (Å²) in [6.07, 6.45) is 2.73. The Kier molecular flexibility index (Phi) is 5.38. The number of hydrogen-bond acceptors (Lipinski definition) is 4. The largest absolute Gasteiger partial charge is 0.353 e. The number of aromatic nitrogens is 2. The summed E-state index contributed by atoms with van der Waals surface area (Å²) in [5.41, 5.74) is 4.15. The second-order valence-electron chi connectivity index (χ2n) is 6.80. The monoisotopic (exact) mass is 410 g/mol. The number of fused-ring (bicyclic) bond motifs is 1. The van der Waals surface area contributed by atoms with E-state index in [0.29, 0.717) is 17.0 Å². The first-order valence-electron chi connectivity index (χ1n) is 9.17. The number of nitrogens with zero attached hydrogens (tertiary/aromatic N) is 2. The molecule has 3 aromatic rings. The Morgan fingerprint density at radius 1 is 1.18 bits per heavy atom. The Hall–Kier alpha value is -2.37. The van der Waals surface area contributed by atoms with Crippen LogP contribution in [-0.4, -0.2) is 15.3 Å². The van der Waals surface area contributed by atoms with Gasteiger partial charge in [-0.05, 0) is 49.9 Å². The summed E-state index contributed by atoms with van der Waals surface area (Å²) >= 11 is 7.81. The Morgan fingerprint density at radius 2 is 2.00 bits per heavy atom. The second kappa shape index (κ2) is 7.94. The van der Waals surface area contributed by atoms with Gasteiger partial charge in [-0.25, -0.2) is 4.79 Å². The first kappa shape index (κ1) is 19.0. The average Bonchev–Trinajstić information content (AvgIpc) is 3.17. The van der Waals surface area contributed by atoms with Gasteiger partial charge in [0.15, 0.2) is 5.78 Å². The van der Waals surface area contributed by atoms with Crippen molar-refractivity contribution < 1.29 is 4.79 Å². The number of thioether (sulfide) groups is 1. The van der Waals surface area contributed by atoms with Gasteiger partial charge in [-0.2, -0.15) is 4.98 Å². The molecule has 0 N–H and O–H groups in total. The van der Waals surface area contributed by atoms with Crippen molar-refractivity contribution in [3.63, 3.8) is 0 Å². The van der Waals surface area contributed by atoms with Crippen molar-refractivity contribution in [1.82, 2.24) is 9.55 Å². The Bertz CT molecular complexity index is 1120. The smallest absolute Gasteiger partial charge is 0.295 e. The number of Topliss-reactive ketones (excluding diaryl/α,β-unsaturated/α-hetero) is 1. The van der Waals surface area contributed by atoms with Crippen molar-refractivity contribution in [1.29, 1.82) is 0 Å². The van der Waals surface area contributed by atoms with E-state index in [2.05, 4.69) is 4.98 Å². The second-order valence-corrected chi connectivity index (χ2v) is 8.17. The lowest BCUT2D eigenvalue weighted by Gasteiger charge is -2.15. The minimum atomic E-state index is -0.303. The van der Waals surface area contributed by atoms with E-state index in [9.17, 15) is 9.59 Å². The highest BCUT2D eigenvalue weighted by Crippen LogP contribution is 2.33. The molecule has 4 rings (SSSR count). The topological polar surface area (TPSA) is 52.0 Å². The molecule has 0 atom stereocenters. The summed E-state index contributed by atoms with van der Waals surface area (Å²) in [5.74, 6) is 0.647. The van der Waals surface area contributed by atoms with Crippen LogP contribution in [0.1, 0.15) is 40.5 Å². The number of halogens is 1. The van der Waals surface area contributed by atoms with E-state index in [1.807, 2.05) is 30.3 Å². The van der Waals surface area contributed by atoms with Crippen LogP contribution in [0.2, 0.25) is 5.02 Å². The summed E-state index contributed by atoms with van der Waals surface area (Å²) < 4.78 is 1.66. The highest BCUT2D eigenvalue weighted by atomic mass is 35.5. The van der Waals surface area contributed by atoms with Crippen molar-refractivity contribution in [3.8, 4) is 5.69 Å². The first-order valence-corrected chi connectivity index (χ1v) is 10.5. The van der Waals surface area contributed by atoms with Crippen LogP contribution >= 0.6 is 23.4 Å². The van der Waals surface area contributed by atoms with E-state index in [1.165, 1.54) is 6.92 Å². The molecule has 28 heavy (non-hydrogen) atoms. The maximum atomic E-state index is 12.9. The van der Waals surface area contributed by atoms with Crippen LogP contribution in [0.3, 0.4) is 0 Å². The molecule has 1 aliphatic rings. The molecule has 0 amide bonds. The van der Waals surface area contributed by atoms with Gasteiger partial charge in [0.05, 0.1) is 5.69 Å². The van der Waals surface area contributed by atoms with Gasteiger partial charge in [0.1, 0.15) is 5.03 Å². The van der Waals surface area contributed by atoms with Gasteiger partial charge in [-0.1, -0.05) is 41.9 Å². The highest BCUT2D eigenvalue weighted by molar-refractivity contribution is 7.98. The van der Waals surface area contributed by atoms with Crippen LogP contribution in [0.5, 0.6) is 0 Å². The summed E-state index contributed by atoms with van der Waals surface area (Å²) in [4.78, 5) is 29.0. The lowest BCUT2D eigenvalue weighted by atomic mass is 10.1. The molecule has 4 nitrogen and oxygen atoms in total. The van der Waals surface area contributed by atoms with Gasteiger partial charge >= 0.3 is 5.69 Å². The molecule has 6 heteroatoms. The SMILES string of the molecule is CC(=O)c1cccc(-n2c3c(c(SCc4ccccc4Cl)nc2=O)CCC3)c1. The first-order chi connectivity index (χ1) is 13.5.